The summed E-state index contributed by atoms with van der Waals surface area (Å²) < 4.78 is 39.2. The molecule has 26 heavy (non-hydrogen) atoms. The number of benzene rings is 1. The van der Waals surface area contributed by atoms with Gasteiger partial charge >= 0.3 is 6.18 Å². The van der Waals surface area contributed by atoms with Crippen molar-refractivity contribution < 1.29 is 23.1 Å². The summed E-state index contributed by atoms with van der Waals surface area (Å²) in [6.45, 7) is -0.00488. The van der Waals surface area contributed by atoms with E-state index >= 15 is 0 Å². The highest BCUT2D eigenvalue weighted by atomic mass is 19.4. The second kappa shape index (κ2) is 7.16. The maximum Gasteiger partial charge on any atom is 0.421 e. The van der Waals surface area contributed by atoms with Gasteiger partial charge in [0.25, 0.3) is 0 Å². The summed E-state index contributed by atoms with van der Waals surface area (Å²) >= 11 is 0. The maximum absolute atomic E-state index is 13.1. The normalized spacial score (nSPS) is 13.3. The van der Waals surface area contributed by atoms with Crippen molar-refractivity contribution in [2.45, 2.75) is 19.0 Å². The number of aliphatic hydroxyl groups is 1. The van der Waals surface area contributed by atoms with Crippen LogP contribution in [0.15, 0.2) is 24.4 Å². The standard InChI is InChI=1S/C16H16F3N5O2/c17-16(18,19)11-8-21-15(24-14(11)20-4-1-5-25)22-10-2-3-12-9(6-10)7-13(26)23-12/h2-3,6,8,25H,1,4-5,7H2,(H,23,26)(H2,20,21,22,24). The van der Waals surface area contributed by atoms with Crippen molar-refractivity contribution >= 4 is 29.0 Å². The topological polar surface area (TPSA) is 99.2 Å². The number of hydrogen-bond donors (Lipinski definition) is 4. The minimum atomic E-state index is -4.60. The lowest BCUT2D eigenvalue weighted by molar-refractivity contribution is -0.137. The van der Waals surface area contributed by atoms with Crippen molar-refractivity contribution in [1.29, 1.82) is 0 Å². The van der Waals surface area contributed by atoms with Crippen LogP contribution in [0.5, 0.6) is 0 Å². The highest BCUT2D eigenvalue weighted by Crippen LogP contribution is 2.34. The van der Waals surface area contributed by atoms with Crippen LogP contribution >= 0.6 is 0 Å². The van der Waals surface area contributed by atoms with Gasteiger partial charge in [-0.2, -0.15) is 18.2 Å². The molecule has 1 aromatic heterocycles. The number of carbonyl (C=O) groups excluding carboxylic acids is 1. The molecular weight excluding hydrogens is 351 g/mol. The summed E-state index contributed by atoms with van der Waals surface area (Å²) in [7, 11) is 0. The van der Waals surface area contributed by atoms with Gasteiger partial charge in [-0.15, -0.1) is 0 Å². The molecule has 0 saturated carbocycles. The van der Waals surface area contributed by atoms with E-state index in [2.05, 4.69) is 25.9 Å². The molecule has 2 aromatic rings. The number of nitrogens with one attached hydrogen (secondary N) is 3. The Morgan fingerprint density at radius 1 is 1.31 bits per heavy atom. The van der Waals surface area contributed by atoms with Gasteiger partial charge in [0.1, 0.15) is 11.4 Å². The Morgan fingerprint density at radius 3 is 2.85 bits per heavy atom. The molecule has 0 aliphatic carbocycles. The first kappa shape index (κ1) is 17.9. The van der Waals surface area contributed by atoms with E-state index in [0.29, 0.717) is 17.6 Å². The molecule has 138 valence electrons. The second-order valence-electron chi connectivity index (χ2n) is 5.68. The summed E-state index contributed by atoms with van der Waals surface area (Å²) in [5.41, 5.74) is 1.07. The quantitative estimate of drug-likeness (QED) is 0.586. The van der Waals surface area contributed by atoms with Gasteiger partial charge in [-0.05, 0) is 30.2 Å². The maximum atomic E-state index is 13.1. The Kier molecular flexibility index (Phi) is 4.94. The lowest BCUT2D eigenvalue weighted by Gasteiger charge is -2.14. The van der Waals surface area contributed by atoms with Crippen molar-refractivity contribution in [3.05, 3.63) is 35.5 Å². The minimum Gasteiger partial charge on any atom is -0.396 e. The van der Waals surface area contributed by atoms with Crippen molar-refractivity contribution in [3.63, 3.8) is 0 Å². The third-order valence-corrected chi connectivity index (χ3v) is 3.71. The molecule has 2 heterocycles. The van der Waals surface area contributed by atoms with Crippen LogP contribution in [0, 0.1) is 0 Å². The van der Waals surface area contributed by atoms with E-state index in [9.17, 15) is 18.0 Å². The van der Waals surface area contributed by atoms with Gasteiger partial charge in [-0.3, -0.25) is 4.79 Å². The Morgan fingerprint density at radius 2 is 2.12 bits per heavy atom. The Labute approximate surface area is 146 Å². The van der Waals surface area contributed by atoms with E-state index in [-0.39, 0.29) is 43.7 Å². The van der Waals surface area contributed by atoms with Crippen LogP contribution < -0.4 is 16.0 Å². The smallest absolute Gasteiger partial charge is 0.396 e. The highest BCUT2D eigenvalue weighted by Gasteiger charge is 2.35. The van der Waals surface area contributed by atoms with Gasteiger partial charge in [0, 0.05) is 30.7 Å². The predicted molar refractivity (Wildman–Crippen MR) is 89.3 cm³/mol. The molecule has 0 bridgehead atoms. The molecule has 0 saturated heterocycles. The number of hydrogen-bond acceptors (Lipinski definition) is 6. The first-order chi connectivity index (χ1) is 12.4. The van der Waals surface area contributed by atoms with Crippen LogP contribution in [0.3, 0.4) is 0 Å². The fourth-order valence-corrected chi connectivity index (χ4v) is 2.51. The van der Waals surface area contributed by atoms with Gasteiger partial charge in [-0.1, -0.05) is 0 Å². The van der Waals surface area contributed by atoms with Crippen molar-refractivity contribution in [1.82, 2.24) is 9.97 Å². The summed E-state index contributed by atoms with van der Waals surface area (Å²) in [6.07, 6.45) is -3.36. The number of alkyl halides is 3. The van der Waals surface area contributed by atoms with Gasteiger partial charge < -0.3 is 21.1 Å². The molecular formula is C16H16F3N5O2. The molecule has 0 spiro atoms. The number of halogens is 3. The number of rotatable bonds is 6. The Bertz CT molecular complexity index is 826. The molecule has 1 aliphatic rings. The number of nitrogens with zero attached hydrogens (tertiary/aromatic N) is 2. The average Bonchev–Trinajstić information content (AvgIpc) is 2.93. The molecule has 1 aliphatic heterocycles. The largest absolute Gasteiger partial charge is 0.421 e. The SMILES string of the molecule is O=C1Cc2cc(Nc3ncc(C(F)(F)F)c(NCCCO)n3)ccc2N1. The van der Waals surface area contributed by atoms with Crippen LogP contribution in [-0.4, -0.2) is 34.1 Å². The molecule has 0 unspecified atom stereocenters. The second-order valence-corrected chi connectivity index (χ2v) is 5.68. The van der Waals surface area contributed by atoms with E-state index in [1.54, 1.807) is 18.2 Å². The molecule has 0 radical (unpaired) electrons. The zero-order chi connectivity index (χ0) is 18.7. The van der Waals surface area contributed by atoms with Crippen LogP contribution in [0.4, 0.5) is 36.3 Å². The number of anilines is 4. The molecule has 3 rings (SSSR count). The molecule has 0 fully saturated rings. The monoisotopic (exact) mass is 367 g/mol. The van der Waals surface area contributed by atoms with Crippen molar-refractivity contribution in [3.8, 4) is 0 Å². The average molecular weight is 367 g/mol. The van der Waals surface area contributed by atoms with E-state index in [1.165, 1.54) is 0 Å². The summed E-state index contributed by atoms with van der Waals surface area (Å²) in [5.74, 6) is -0.485. The van der Waals surface area contributed by atoms with Crippen LogP contribution in [-0.2, 0) is 17.4 Å². The Hall–Kier alpha value is -2.88. The van der Waals surface area contributed by atoms with Crippen LogP contribution in [0.2, 0.25) is 0 Å². The van der Waals surface area contributed by atoms with Gasteiger partial charge in [0.2, 0.25) is 11.9 Å². The fourth-order valence-electron chi connectivity index (χ4n) is 2.51. The van der Waals surface area contributed by atoms with E-state index < -0.39 is 11.7 Å². The number of amides is 1. The Balaban J connectivity index is 1.83. The zero-order valence-corrected chi connectivity index (χ0v) is 13.5. The lowest BCUT2D eigenvalue weighted by atomic mass is 10.1. The van der Waals surface area contributed by atoms with Gasteiger partial charge in [0.05, 0.1) is 6.42 Å². The van der Waals surface area contributed by atoms with Gasteiger partial charge in [0.15, 0.2) is 0 Å². The van der Waals surface area contributed by atoms with Crippen molar-refractivity contribution in [2.75, 3.05) is 29.1 Å². The lowest BCUT2D eigenvalue weighted by Crippen LogP contribution is -2.15. The third kappa shape index (κ3) is 4.02. The van der Waals surface area contributed by atoms with Crippen LogP contribution in [0.1, 0.15) is 17.5 Å². The number of aliphatic hydroxyl groups excluding tert-OH is 1. The molecule has 10 heteroatoms. The highest BCUT2D eigenvalue weighted by molar-refractivity contribution is 5.99. The molecule has 0 atom stereocenters. The van der Waals surface area contributed by atoms with Crippen molar-refractivity contribution in [2.24, 2.45) is 0 Å². The first-order valence-corrected chi connectivity index (χ1v) is 7.85. The summed E-state index contributed by atoms with van der Waals surface area (Å²) in [5, 5.41) is 16.9. The number of carbonyl (C=O) groups is 1. The summed E-state index contributed by atoms with van der Waals surface area (Å²) in [6, 6.07) is 5.09. The van der Waals surface area contributed by atoms with E-state index in [0.717, 1.165) is 5.56 Å². The van der Waals surface area contributed by atoms with Crippen LogP contribution in [0.25, 0.3) is 0 Å². The van der Waals surface area contributed by atoms with E-state index in [1.807, 2.05) is 0 Å². The fraction of sp³-hybridized carbons (Fsp3) is 0.312. The molecule has 1 aromatic carbocycles. The number of aromatic nitrogens is 2. The summed E-state index contributed by atoms with van der Waals surface area (Å²) in [4.78, 5) is 19.0. The molecule has 1 amide bonds. The predicted octanol–water partition coefficient (Wildman–Crippen LogP) is 2.53. The van der Waals surface area contributed by atoms with E-state index in [4.69, 9.17) is 5.11 Å². The minimum absolute atomic E-state index is 0.0123. The first-order valence-electron chi connectivity index (χ1n) is 7.85. The molecule has 4 N–H and O–H groups in total. The number of fused-ring (bicyclic) bond motifs is 1. The van der Waals surface area contributed by atoms with Gasteiger partial charge in [-0.25, -0.2) is 4.98 Å². The zero-order valence-electron chi connectivity index (χ0n) is 13.5. The molecule has 7 nitrogen and oxygen atoms in total. The third-order valence-electron chi connectivity index (χ3n) is 3.71.